The summed E-state index contributed by atoms with van der Waals surface area (Å²) >= 11 is 0. The molecule has 0 radical (unpaired) electrons. The van der Waals surface area contributed by atoms with Crippen molar-refractivity contribution in [1.29, 1.82) is 0 Å². The summed E-state index contributed by atoms with van der Waals surface area (Å²) in [6, 6.07) is 7.41. The molecule has 2 aromatic rings. The van der Waals surface area contributed by atoms with Crippen molar-refractivity contribution < 1.29 is 28.7 Å². The van der Waals surface area contributed by atoms with E-state index in [0.717, 1.165) is 44.2 Å². The molecule has 9 nitrogen and oxygen atoms in total. The van der Waals surface area contributed by atoms with Crippen LogP contribution in [-0.4, -0.2) is 68.9 Å². The standard InChI is InChI=1S/C26H29FN4O5/c27-20-8-6-18(7-9-20)25(35)30-14-15-31(26(36)19-10-12-28-13-11-19)24(30)23(34)29-21(16-22(32)33)17-4-2-1-3-5-17/h6-13,17,21,24H,1-5,14-16H2,(H,29,34)(H,32,33). The molecule has 1 aliphatic carbocycles. The van der Waals surface area contributed by atoms with Gasteiger partial charge in [-0.2, -0.15) is 0 Å². The summed E-state index contributed by atoms with van der Waals surface area (Å²) < 4.78 is 13.4. The Morgan fingerprint density at radius 1 is 0.917 bits per heavy atom. The van der Waals surface area contributed by atoms with E-state index in [9.17, 15) is 28.7 Å². The largest absolute Gasteiger partial charge is 0.481 e. The van der Waals surface area contributed by atoms with Crippen LogP contribution in [0.2, 0.25) is 0 Å². The number of aliphatic carboxylic acids is 1. The topological polar surface area (TPSA) is 120 Å². The third kappa shape index (κ3) is 5.69. The number of hydrogen-bond acceptors (Lipinski definition) is 5. The maximum Gasteiger partial charge on any atom is 0.305 e. The molecule has 0 spiro atoms. The van der Waals surface area contributed by atoms with Crippen LogP contribution in [0.4, 0.5) is 4.39 Å². The zero-order valence-electron chi connectivity index (χ0n) is 19.8. The Kier molecular flexibility index (Phi) is 7.92. The van der Waals surface area contributed by atoms with Crippen LogP contribution in [0.15, 0.2) is 48.8 Å². The van der Waals surface area contributed by atoms with Crippen molar-refractivity contribution in [2.45, 2.75) is 50.7 Å². The molecule has 1 aliphatic heterocycles. The number of nitrogens with zero attached hydrogens (tertiary/aromatic N) is 3. The Bertz CT molecular complexity index is 1110. The van der Waals surface area contributed by atoms with Gasteiger partial charge in [-0.05, 0) is 55.2 Å². The van der Waals surface area contributed by atoms with Gasteiger partial charge in [-0.25, -0.2) is 4.39 Å². The highest BCUT2D eigenvalue weighted by molar-refractivity contribution is 6.02. The number of benzene rings is 1. The number of pyridine rings is 1. The third-order valence-corrected chi connectivity index (χ3v) is 6.89. The van der Waals surface area contributed by atoms with Crippen LogP contribution in [0, 0.1) is 11.7 Å². The molecule has 2 N–H and O–H groups in total. The molecule has 2 aliphatic rings. The minimum Gasteiger partial charge on any atom is -0.481 e. The first-order chi connectivity index (χ1) is 17.3. The first kappa shape index (κ1) is 25.3. The van der Waals surface area contributed by atoms with E-state index in [0.29, 0.717) is 5.56 Å². The summed E-state index contributed by atoms with van der Waals surface area (Å²) in [5.74, 6) is -3.10. The first-order valence-electron chi connectivity index (χ1n) is 12.1. The van der Waals surface area contributed by atoms with Crippen LogP contribution in [0.3, 0.4) is 0 Å². The molecule has 36 heavy (non-hydrogen) atoms. The van der Waals surface area contributed by atoms with Gasteiger partial charge in [0.15, 0.2) is 6.17 Å². The summed E-state index contributed by atoms with van der Waals surface area (Å²) in [6.45, 7) is 0.206. The Morgan fingerprint density at radius 2 is 1.47 bits per heavy atom. The van der Waals surface area contributed by atoms with Crippen molar-refractivity contribution in [3.8, 4) is 0 Å². The van der Waals surface area contributed by atoms with Crippen LogP contribution in [0.1, 0.15) is 59.2 Å². The lowest BCUT2D eigenvalue weighted by Gasteiger charge is -2.34. The van der Waals surface area contributed by atoms with Crippen molar-refractivity contribution >= 4 is 23.7 Å². The van der Waals surface area contributed by atoms with Gasteiger partial charge in [0.2, 0.25) is 0 Å². The van der Waals surface area contributed by atoms with Crippen molar-refractivity contribution in [2.75, 3.05) is 13.1 Å². The van der Waals surface area contributed by atoms with E-state index in [-0.39, 0.29) is 31.0 Å². The highest BCUT2D eigenvalue weighted by Gasteiger charge is 2.44. The molecule has 3 amide bonds. The van der Waals surface area contributed by atoms with E-state index in [2.05, 4.69) is 10.3 Å². The minimum absolute atomic E-state index is 0.00537. The number of nitrogens with one attached hydrogen (secondary N) is 1. The number of halogens is 1. The molecular formula is C26H29FN4O5. The number of carboxylic acids is 1. The molecule has 4 rings (SSSR count). The Labute approximate surface area is 208 Å². The second kappa shape index (κ2) is 11.3. The van der Waals surface area contributed by atoms with Gasteiger partial charge >= 0.3 is 5.97 Å². The summed E-state index contributed by atoms with van der Waals surface area (Å²) in [6.07, 6.45) is 6.01. The normalized spacial score (nSPS) is 19.1. The van der Waals surface area contributed by atoms with Gasteiger partial charge in [-0.1, -0.05) is 19.3 Å². The second-order valence-electron chi connectivity index (χ2n) is 9.22. The van der Waals surface area contributed by atoms with Crippen molar-refractivity contribution in [1.82, 2.24) is 20.1 Å². The zero-order chi connectivity index (χ0) is 25.7. The van der Waals surface area contributed by atoms with Gasteiger partial charge in [0.1, 0.15) is 5.82 Å². The maximum atomic E-state index is 13.7. The Morgan fingerprint density at radius 3 is 2.03 bits per heavy atom. The Hall–Kier alpha value is -3.82. The molecule has 2 heterocycles. The van der Waals surface area contributed by atoms with Gasteiger partial charge < -0.3 is 20.2 Å². The molecule has 0 bridgehead atoms. The average Bonchev–Trinajstić information content (AvgIpc) is 3.34. The summed E-state index contributed by atoms with van der Waals surface area (Å²) in [7, 11) is 0. The first-order valence-corrected chi connectivity index (χ1v) is 12.1. The SMILES string of the molecule is O=C(O)CC(NC(=O)C1N(C(=O)c2ccncc2)CCN1C(=O)c1ccc(F)cc1)C1CCCCC1. The predicted octanol–water partition coefficient (Wildman–Crippen LogP) is 2.68. The number of hydrogen-bond donors (Lipinski definition) is 2. The van der Waals surface area contributed by atoms with Gasteiger partial charge in [-0.15, -0.1) is 0 Å². The molecule has 10 heteroatoms. The Balaban J connectivity index is 1.62. The van der Waals surface area contributed by atoms with Gasteiger partial charge in [-0.3, -0.25) is 24.2 Å². The summed E-state index contributed by atoms with van der Waals surface area (Å²) in [5.41, 5.74) is 0.495. The number of carbonyl (C=O) groups is 4. The molecule has 1 aromatic carbocycles. The highest BCUT2D eigenvalue weighted by Crippen LogP contribution is 2.29. The van der Waals surface area contributed by atoms with Gasteiger partial charge in [0.05, 0.1) is 6.42 Å². The van der Waals surface area contributed by atoms with Crippen molar-refractivity contribution in [3.63, 3.8) is 0 Å². The fraction of sp³-hybridized carbons (Fsp3) is 0.423. The van der Waals surface area contributed by atoms with E-state index in [4.69, 9.17) is 0 Å². The number of carbonyl (C=O) groups excluding carboxylic acids is 3. The van der Waals surface area contributed by atoms with Crippen LogP contribution in [-0.2, 0) is 9.59 Å². The molecule has 1 saturated carbocycles. The van der Waals surface area contributed by atoms with Gasteiger partial charge in [0.25, 0.3) is 17.7 Å². The van der Waals surface area contributed by atoms with E-state index < -0.39 is 41.7 Å². The number of rotatable bonds is 7. The molecule has 2 fully saturated rings. The summed E-state index contributed by atoms with van der Waals surface area (Å²) in [4.78, 5) is 58.4. The number of aromatic nitrogens is 1. The predicted molar refractivity (Wildman–Crippen MR) is 127 cm³/mol. The quantitative estimate of drug-likeness (QED) is 0.608. The number of carboxylic acid groups (broad SMARTS) is 1. The van der Waals surface area contributed by atoms with Crippen molar-refractivity contribution in [2.24, 2.45) is 5.92 Å². The molecule has 2 unspecified atom stereocenters. The van der Waals surface area contributed by atoms with Crippen LogP contribution in [0.5, 0.6) is 0 Å². The fourth-order valence-electron chi connectivity index (χ4n) is 5.07. The van der Waals surface area contributed by atoms with E-state index in [1.54, 1.807) is 0 Å². The van der Waals surface area contributed by atoms with Gasteiger partial charge in [0, 0.05) is 42.7 Å². The fourth-order valence-corrected chi connectivity index (χ4v) is 5.07. The molecular weight excluding hydrogens is 467 g/mol. The third-order valence-electron chi connectivity index (χ3n) is 6.89. The lowest BCUT2D eigenvalue weighted by Crippen LogP contribution is -2.57. The molecule has 2 atom stereocenters. The smallest absolute Gasteiger partial charge is 0.305 e. The lowest BCUT2D eigenvalue weighted by atomic mass is 9.82. The monoisotopic (exact) mass is 496 g/mol. The van der Waals surface area contributed by atoms with Crippen LogP contribution < -0.4 is 5.32 Å². The average molecular weight is 497 g/mol. The minimum atomic E-state index is -1.27. The van der Waals surface area contributed by atoms with Crippen LogP contribution in [0.25, 0.3) is 0 Å². The molecule has 1 saturated heterocycles. The van der Waals surface area contributed by atoms with E-state index in [1.165, 1.54) is 46.5 Å². The van der Waals surface area contributed by atoms with E-state index >= 15 is 0 Å². The lowest BCUT2D eigenvalue weighted by molar-refractivity contribution is -0.138. The summed E-state index contributed by atoms with van der Waals surface area (Å²) in [5, 5.41) is 12.3. The molecule has 190 valence electrons. The second-order valence-corrected chi connectivity index (χ2v) is 9.22. The number of amides is 3. The zero-order valence-corrected chi connectivity index (χ0v) is 19.8. The highest BCUT2D eigenvalue weighted by atomic mass is 19.1. The van der Waals surface area contributed by atoms with Crippen molar-refractivity contribution in [3.05, 3.63) is 65.7 Å². The van der Waals surface area contributed by atoms with E-state index in [1.807, 2.05) is 0 Å². The van der Waals surface area contributed by atoms with Crippen LogP contribution >= 0.6 is 0 Å². The molecule has 1 aromatic heterocycles. The maximum absolute atomic E-state index is 13.7.